The molecule has 0 fully saturated rings. The first kappa shape index (κ1) is 10.0. The number of nitrogens with one attached hydrogen (secondary N) is 1. The topological polar surface area (TPSA) is 83.3 Å². The first-order valence-corrected chi connectivity index (χ1v) is 5.69. The van der Waals surface area contributed by atoms with E-state index in [0.29, 0.717) is 11.5 Å². The minimum atomic E-state index is -1.03. The molecular weight excluding hydrogens is 240 g/mol. The molecule has 0 aliphatic carbocycles. The number of thiazole rings is 1. The van der Waals surface area contributed by atoms with Crippen molar-refractivity contribution < 1.29 is 9.90 Å². The van der Waals surface area contributed by atoms with E-state index < -0.39 is 5.97 Å². The zero-order valence-electron chi connectivity index (χ0n) is 8.84. The van der Waals surface area contributed by atoms with Gasteiger partial charge in [-0.15, -0.1) is 11.3 Å². The number of aryl methyl sites for hydroxylation is 1. The molecule has 7 heteroatoms. The summed E-state index contributed by atoms with van der Waals surface area (Å²) in [5, 5.41) is 8.79. The summed E-state index contributed by atoms with van der Waals surface area (Å²) in [5.74, 6) is -0.559. The summed E-state index contributed by atoms with van der Waals surface area (Å²) in [7, 11) is 0. The predicted octanol–water partition coefficient (Wildman–Crippen LogP) is 1.79. The van der Waals surface area contributed by atoms with E-state index in [-0.39, 0.29) is 5.69 Å². The largest absolute Gasteiger partial charge is 0.477 e. The Hall–Kier alpha value is -2.15. The summed E-state index contributed by atoms with van der Waals surface area (Å²) in [6, 6.07) is 0. The van der Waals surface area contributed by atoms with Crippen LogP contribution < -0.4 is 0 Å². The Kier molecular flexibility index (Phi) is 2.02. The van der Waals surface area contributed by atoms with Crippen LogP contribution in [0.25, 0.3) is 16.5 Å². The fourth-order valence-corrected chi connectivity index (χ4v) is 2.39. The summed E-state index contributed by atoms with van der Waals surface area (Å²) < 4.78 is 1.90. The fourth-order valence-electron chi connectivity index (χ4n) is 1.58. The molecule has 0 saturated heterocycles. The van der Waals surface area contributed by atoms with Gasteiger partial charge in [0.1, 0.15) is 11.4 Å². The van der Waals surface area contributed by atoms with Gasteiger partial charge in [0.05, 0.1) is 6.20 Å². The monoisotopic (exact) mass is 248 g/mol. The summed E-state index contributed by atoms with van der Waals surface area (Å²) >= 11 is 1.57. The van der Waals surface area contributed by atoms with E-state index in [0.717, 1.165) is 4.96 Å². The van der Waals surface area contributed by atoms with E-state index in [1.54, 1.807) is 11.3 Å². The molecule has 3 rings (SSSR count). The molecule has 0 aromatic carbocycles. The molecule has 0 bridgehead atoms. The van der Waals surface area contributed by atoms with E-state index >= 15 is 0 Å². The maximum absolute atomic E-state index is 10.7. The summed E-state index contributed by atoms with van der Waals surface area (Å²) in [4.78, 5) is 23.8. The quantitative estimate of drug-likeness (QED) is 0.724. The molecule has 0 aliphatic heterocycles. The van der Waals surface area contributed by atoms with Crippen molar-refractivity contribution in [1.29, 1.82) is 0 Å². The van der Waals surface area contributed by atoms with Crippen molar-refractivity contribution in [2.75, 3.05) is 0 Å². The molecule has 86 valence electrons. The zero-order chi connectivity index (χ0) is 12.0. The third-order valence-electron chi connectivity index (χ3n) is 2.32. The fraction of sp³-hybridized carbons (Fsp3) is 0.100. The summed E-state index contributed by atoms with van der Waals surface area (Å²) in [6.45, 7) is 2.01. The van der Waals surface area contributed by atoms with Crippen molar-refractivity contribution in [3.05, 3.63) is 29.2 Å². The van der Waals surface area contributed by atoms with Crippen molar-refractivity contribution in [3.8, 4) is 11.5 Å². The molecule has 3 aromatic rings. The number of carboxylic acid groups (broad SMARTS) is 1. The van der Waals surface area contributed by atoms with Gasteiger partial charge in [0.15, 0.2) is 10.8 Å². The molecule has 3 heterocycles. The number of carbonyl (C=O) groups is 1. The van der Waals surface area contributed by atoms with Crippen molar-refractivity contribution in [2.45, 2.75) is 6.92 Å². The molecule has 3 aromatic heterocycles. The maximum atomic E-state index is 10.7. The van der Waals surface area contributed by atoms with Crippen molar-refractivity contribution in [3.63, 3.8) is 0 Å². The van der Waals surface area contributed by atoms with Crippen LogP contribution in [0.5, 0.6) is 0 Å². The highest BCUT2D eigenvalue weighted by molar-refractivity contribution is 7.17. The summed E-state index contributed by atoms with van der Waals surface area (Å²) in [6.07, 6.45) is 5.08. The number of aromatic nitrogens is 4. The number of hydrogen-bond acceptors (Lipinski definition) is 4. The zero-order valence-corrected chi connectivity index (χ0v) is 9.65. The number of rotatable bonds is 2. The van der Waals surface area contributed by atoms with Crippen LogP contribution in [0.1, 0.15) is 15.4 Å². The Morgan fingerprint density at radius 3 is 3.00 bits per heavy atom. The molecule has 0 unspecified atom stereocenters. The van der Waals surface area contributed by atoms with Crippen LogP contribution in [0.2, 0.25) is 0 Å². The SMILES string of the molecule is Cc1cn2cc(-c3ncc(C(=O)O)[nH]3)nc2s1. The van der Waals surface area contributed by atoms with Gasteiger partial charge in [-0.25, -0.2) is 14.8 Å². The molecule has 17 heavy (non-hydrogen) atoms. The Morgan fingerprint density at radius 1 is 1.53 bits per heavy atom. The first-order chi connectivity index (χ1) is 8.13. The van der Waals surface area contributed by atoms with E-state index in [4.69, 9.17) is 5.11 Å². The van der Waals surface area contributed by atoms with Crippen LogP contribution in [0, 0.1) is 6.92 Å². The number of carboxylic acids is 1. The van der Waals surface area contributed by atoms with Gasteiger partial charge < -0.3 is 10.1 Å². The number of fused-ring (bicyclic) bond motifs is 1. The smallest absolute Gasteiger partial charge is 0.353 e. The summed E-state index contributed by atoms with van der Waals surface area (Å²) in [5.41, 5.74) is 0.705. The number of nitrogens with zero attached hydrogens (tertiary/aromatic N) is 3. The predicted molar refractivity (Wildman–Crippen MR) is 62.3 cm³/mol. The van der Waals surface area contributed by atoms with Gasteiger partial charge in [-0.3, -0.25) is 4.40 Å². The second-order valence-electron chi connectivity index (χ2n) is 3.61. The van der Waals surface area contributed by atoms with Crippen molar-refractivity contribution in [2.24, 2.45) is 0 Å². The molecule has 6 nitrogen and oxygen atoms in total. The average Bonchev–Trinajstić information content (AvgIpc) is 2.87. The van der Waals surface area contributed by atoms with Crippen LogP contribution in [-0.2, 0) is 0 Å². The van der Waals surface area contributed by atoms with E-state index in [1.165, 1.54) is 11.1 Å². The van der Waals surface area contributed by atoms with Crippen LogP contribution in [0.3, 0.4) is 0 Å². The second-order valence-corrected chi connectivity index (χ2v) is 4.82. The lowest BCUT2D eigenvalue weighted by molar-refractivity contribution is 0.0691. The Bertz CT molecular complexity index is 677. The van der Waals surface area contributed by atoms with Crippen LogP contribution in [-0.4, -0.2) is 30.4 Å². The van der Waals surface area contributed by atoms with Crippen molar-refractivity contribution >= 4 is 22.3 Å². The maximum Gasteiger partial charge on any atom is 0.353 e. The lowest BCUT2D eigenvalue weighted by Gasteiger charge is -1.87. The molecule has 0 amide bonds. The van der Waals surface area contributed by atoms with Gasteiger partial charge in [-0.05, 0) is 6.92 Å². The highest BCUT2D eigenvalue weighted by atomic mass is 32.1. The van der Waals surface area contributed by atoms with Crippen LogP contribution in [0.15, 0.2) is 18.6 Å². The molecular formula is C10H8N4O2S. The van der Waals surface area contributed by atoms with Gasteiger partial charge >= 0.3 is 5.97 Å². The molecule has 0 saturated carbocycles. The van der Waals surface area contributed by atoms with Gasteiger partial charge in [-0.1, -0.05) is 0 Å². The minimum Gasteiger partial charge on any atom is -0.477 e. The number of aromatic amines is 1. The van der Waals surface area contributed by atoms with E-state index in [1.807, 2.05) is 23.7 Å². The van der Waals surface area contributed by atoms with Gasteiger partial charge in [0.2, 0.25) is 0 Å². The number of H-pyrrole nitrogens is 1. The molecule has 0 atom stereocenters. The van der Waals surface area contributed by atoms with Gasteiger partial charge in [-0.2, -0.15) is 0 Å². The Balaban J connectivity index is 2.07. The molecule has 2 N–H and O–H groups in total. The van der Waals surface area contributed by atoms with E-state index in [2.05, 4.69) is 15.0 Å². The van der Waals surface area contributed by atoms with Gasteiger partial charge in [0, 0.05) is 17.3 Å². The highest BCUT2D eigenvalue weighted by Gasteiger charge is 2.12. The molecule has 0 radical (unpaired) electrons. The molecule has 0 spiro atoms. The Morgan fingerprint density at radius 2 is 2.35 bits per heavy atom. The third kappa shape index (κ3) is 1.60. The second kappa shape index (κ2) is 3.42. The number of hydrogen-bond donors (Lipinski definition) is 2. The minimum absolute atomic E-state index is 0.0625. The van der Waals surface area contributed by atoms with Crippen LogP contribution >= 0.6 is 11.3 Å². The normalized spacial score (nSPS) is 11.1. The van der Waals surface area contributed by atoms with E-state index in [9.17, 15) is 4.79 Å². The van der Waals surface area contributed by atoms with Crippen LogP contribution in [0.4, 0.5) is 0 Å². The number of aromatic carboxylic acids is 1. The number of imidazole rings is 2. The average molecular weight is 248 g/mol. The highest BCUT2D eigenvalue weighted by Crippen LogP contribution is 2.21. The standard InChI is InChI=1S/C10H8N4O2S/c1-5-3-14-4-7(13-10(14)17-5)8-11-2-6(12-8)9(15)16/h2-4H,1H3,(H,11,12)(H,15,16). The lowest BCUT2D eigenvalue weighted by Crippen LogP contribution is -1.95. The van der Waals surface area contributed by atoms with Crippen molar-refractivity contribution in [1.82, 2.24) is 19.4 Å². The Labute approximate surface area is 99.6 Å². The lowest BCUT2D eigenvalue weighted by atomic mass is 10.4. The first-order valence-electron chi connectivity index (χ1n) is 4.87. The van der Waals surface area contributed by atoms with Gasteiger partial charge in [0.25, 0.3) is 0 Å². The molecule has 0 aliphatic rings. The third-order valence-corrected chi connectivity index (χ3v) is 3.23.